The lowest BCUT2D eigenvalue weighted by Gasteiger charge is -2.22. The van der Waals surface area contributed by atoms with Crippen molar-refractivity contribution in [3.63, 3.8) is 0 Å². The number of anilines is 1. The lowest BCUT2D eigenvalue weighted by molar-refractivity contribution is -0.116. The molecular weight excluding hydrogens is 428 g/mol. The number of nitrogens with zero attached hydrogens (tertiary/aromatic N) is 1. The second kappa shape index (κ2) is 8.12. The quantitative estimate of drug-likeness (QED) is 0.729. The third-order valence-corrected chi connectivity index (χ3v) is 6.79. The van der Waals surface area contributed by atoms with Crippen LogP contribution in [0.25, 0.3) is 0 Å². The van der Waals surface area contributed by atoms with Crippen LogP contribution in [-0.4, -0.2) is 26.9 Å². The fourth-order valence-corrected chi connectivity index (χ4v) is 5.69. The molecule has 2 aromatic carbocycles. The Hall–Kier alpha value is -1.70. The summed E-state index contributed by atoms with van der Waals surface area (Å²) in [4.78, 5) is 13.7. The third kappa shape index (κ3) is 4.42. The van der Waals surface area contributed by atoms with Gasteiger partial charge in [-0.2, -0.15) is 0 Å². The molecule has 0 saturated heterocycles. The van der Waals surface area contributed by atoms with E-state index in [-0.39, 0.29) is 16.8 Å². The van der Waals surface area contributed by atoms with Crippen LogP contribution in [0.4, 0.5) is 5.69 Å². The molecule has 2 aromatic rings. The molecule has 0 spiro atoms. The Bertz CT molecular complexity index is 945. The molecule has 5 nitrogen and oxygen atoms in total. The topological polar surface area (TPSA) is 66.5 Å². The van der Waals surface area contributed by atoms with Crippen LogP contribution in [0.1, 0.15) is 31.4 Å². The van der Waals surface area contributed by atoms with Crippen molar-refractivity contribution in [3.05, 3.63) is 58.1 Å². The number of carbonyl (C=O) groups excluding carboxylic acids is 1. The molecule has 3 rings (SSSR count). The lowest BCUT2D eigenvalue weighted by atomic mass is 10.1. The van der Waals surface area contributed by atoms with Gasteiger partial charge in [0.1, 0.15) is 4.90 Å². The van der Waals surface area contributed by atoms with Gasteiger partial charge in [-0.25, -0.2) is 13.1 Å². The third-order valence-electron chi connectivity index (χ3n) is 4.80. The number of hydrogen-bond donors (Lipinski definition) is 1. The largest absolute Gasteiger partial charge is 0.311 e. The molecule has 1 aliphatic heterocycles. The van der Waals surface area contributed by atoms with Crippen molar-refractivity contribution in [2.45, 2.75) is 44.0 Å². The van der Waals surface area contributed by atoms with Crippen molar-refractivity contribution in [1.29, 1.82) is 0 Å². The van der Waals surface area contributed by atoms with Crippen LogP contribution in [-0.2, 0) is 27.7 Å². The molecule has 0 fully saturated rings. The summed E-state index contributed by atoms with van der Waals surface area (Å²) < 4.78 is 29.9. The van der Waals surface area contributed by atoms with Crippen LogP contribution in [0.5, 0.6) is 0 Å². The SMILES string of the molecule is CCC(Cc1ccccc1)NS(=O)(=O)c1cc(Br)cc2c1N(C(C)=O)CC2. The normalized spacial score (nSPS) is 14.9. The van der Waals surface area contributed by atoms with Crippen molar-refractivity contribution in [2.24, 2.45) is 0 Å². The van der Waals surface area contributed by atoms with E-state index in [4.69, 9.17) is 0 Å². The van der Waals surface area contributed by atoms with E-state index >= 15 is 0 Å². The summed E-state index contributed by atoms with van der Waals surface area (Å²) in [5.41, 5.74) is 2.46. The number of benzene rings is 2. The van der Waals surface area contributed by atoms with Gasteiger partial charge in [0.05, 0.1) is 5.69 Å². The van der Waals surface area contributed by atoms with Gasteiger partial charge in [-0.05, 0) is 42.5 Å². The number of amides is 1. The second-order valence-electron chi connectivity index (χ2n) is 6.75. The lowest BCUT2D eigenvalue weighted by Crippen LogP contribution is -2.37. The monoisotopic (exact) mass is 450 g/mol. The van der Waals surface area contributed by atoms with Crippen molar-refractivity contribution < 1.29 is 13.2 Å². The summed E-state index contributed by atoms with van der Waals surface area (Å²) in [6.45, 7) is 3.93. The second-order valence-corrected chi connectivity index (χ2v) is 9.35. The number of halogens is 1. The van der Waals surface area contributed by atoms with Crippen LogP contribution >= 0.6 is 15.9 Å². The Morgan fingerprint density at radius 3 is 2.59 bits per heavy atom. The smallest absolute Gasteiger partial charge is 0.242 e. The van der Waals surface area contributed by atoms with E-state index in [0.29, 0.717) is 36.0 Å². The molecule has 1 N–H and O–H groups in total. The van der Waals surface area contributed by atoms with Gasteiger partial charge in [-0.15, -0.1) is 0 Å². The van der Waals surface area contributed by atoms with Gasteiger partial charge in [0.2, 0.25) is 15.9 Å². The predicted molar refractivity (Wildman–Crippen MR) is 110 cm³/mol. The molecule has 0 aromatic heterocycles. The first-order valence-corrected chi connectivity index (χ1v) is 11.3. The molecule has 1 heterocycles. The maximum atomic E-state index is 13.2. The van der Waals surface area contributed by atoms with Crippen molar-refractivity contribution in [2.75, 3.05) is 11.4 Å². The number of hydrogen-bond acceptors (Lipinski definition) is 3. The Kier molecular flexibility index (Phi) is 6.03. The molecule has 1 aliphatic rings. The molecular formula is C20H23BrN2O3S. The summed E-state index contributed by atoms with van der Waals surface area (Å²) in [7, 11) is -3.78. The Labute approximate surface area is 169 Å². The Morgan fingerprint density at radius 2 is 1.96 bits per heavy atom. The fourth-order valence-electron chi connectivity index (χ4n) is 3.44. The first-order valence-electron chi connectivity index (χ1n) is 8.98. The average molecular weight is 451 g/mol. The highest BCUT2D eigenvalue weighted by Gasteiger charge is 2.32. The van der Waals surface area contributed by atoms with E-state index < -0.39 is 10.0 Å². The maximum Gasteiger partial charge on any atom is 0.242 e. The highest BCUT2D eigenvalue weighted by molar-refractivity contribution is 9.10. The van der Waals surface area contributed by atoms with Crippen LogP contribution in [0.15, 0.2) is 51.8 Å². The summed E-state index contributed by atoms with van der Waals surface area (Å²) in [6, 6.07) is 13.1. The summed E-state index contributed by atoms with van der Waals surface area (Å²) >= 11 is 3.41. The molecule has 0 aliphatic carbocycles. The van der Waals surface area contributed by atoms with Crippen LogP contribution in [0, 0.1) is 0 Å². The molecule has 1 amide bonds. The molecule has 0 bridgehead atoms. The highest BCUT2D eigenvalue weighted by Crippen LogP contribution is 2.37. The molecule has 27 heavy (non-hydrogen) atoms. The van der Waals surface area contributed by atoms with Gasteiger partial charge in [0.25, 0.3) is 0 Å². The fraction of sp³-hybridized carbons (Fsp3) is 0.350. The van der Waals surface area contributed by atoms with Gasteiger partial charge in [-0.1, -0.05) is 53.2 Å². The van der Waals surface area contributed by atoms with E-state index in [0.717, 1.165) is 11.1 Å². The summed E-state index contributed by atoms with van der Waals surface area (Å²) in [5, 5.41) is 0. The van der Waals surface area contributed by atoms with E-state index in [1.807, 2.05) is 43.3 Å². The van der Waals surface area contributed by atoms with Gasteiger partial charge >= 0.3 is 0 Å². The number of carbonyl (C=O) groups is 1. The molecule has 1 unspecified atom stereocenters. The zero-order valence-electron chi connectivity index (χ0n) is 15.4. The molecule has 1 atom stereocenters. The maximum absolute atomic E-state index is 13.2. The van der Waals surface area contributed by atoms with Gasteiger partial charge in [-0.3, -0.25) is 4.79 Å². The standard InChI is InChI=1S/C20H23BrN2O3S/c1-3-18(11-15-7-5-4-6-8-15)22-27(25,26)19-13-17(21)12-16-9-10-23(14(2)24)20(16)19/h4-8,12-13,18,22H,3,9-11H2,1-2H3. The zero-order valence-corrected chi connectivity index (χ0v) is 17.8. The summed E-state index contributed by atoms with van der Waals surface area (Å²) in [6.07, 6.45) is 1.93. The number of fused-ring (bicyclic) bond motifs is 1. The van der Waals surface area contributed by atoms with Crippen LogP contribution in [0.2, 0.25) is 0 Å². The van der Waals surface area contributed by atoms with E-state index in [9.17, 15) is 13.2 Å². The average Bonchev–Trinajstić information content (AvgIpc) is 3.05. The molecule has 144 valence electrons. The first kappa shape index (κ1) is 20.0. The predicted octanol–water partition coefficient (Wildman–Crippen LogP) is 3.66. The number of nitrogens with one attached hydrogen (secondary N) is 1. The minimum absolute atomic E-state index is 0.149. The number of sulfonamides is 1. The van der Waals surface area contributed by atoms with Gasteiger partial charge in [0.15, 0.2) is 0 Å². The Balaban J connectivity index is 1.94. The molecule has 0 saturated carbocycles. The Morgan fingerprint density at radius 1 is 1.26 bits per heavy atom. The first-order chi connectivity index (χ1) is 12.8. The van der Waals surface area contributed by atoms with E-state index in [2.05, 4.69) is 20.7 Å². The highest BCUT2D eigenvalue weighted by atomic mass is 79.9. The van der Waals surface area contributed by atoms with Gasteiger partial charge in [0, 0.05) is 24.0 Å². The van der Waals surface area contributed by atoms with Crippen LogP contribution < -0.4 is 9.62 Å². The van der Waals surface area contributed by atoms with Crippen molar-refractivity contribution >= 4 is 37.5 Å². The zero-order chi connectivity index (χ0) is 19.6. The summed E-state index contributed by atoms with van der Waals surface area (Å²) in [5.74, 6) is -0.149. The number of rotatable bonds is 6. The molecule has 0 radical (unpaired) electrons. The minimum Gasteiger partial charge on any atom is -0.311 e. The van der Waals surface area contributed by atoms with E-state index in [1.54, 1.807) is 11.0 Å². The van der Waals surface area contributed by atoms with Crippen molar-refractivity contribution in [1.82, 2.24) is 4.72 Å². The van der Waals surface area contributed by atoms with Crippen molar-refractivity contribution in [3.8, 4) is 0 Å². The van der Waals surface area contributed by atoms with Gasteiger partial charge < -0.3 is 4.90 Å². The minimum atomic E-state index is -3.78. The van der Waals surface area contributed by atoms with E-state index in [1.165, 1.54) is 6.92 Å². The molecule has 7 heteroatoms. The van der Waals surface area contributed by atoms with Crippen LogP contribution in [0.3, 0.4) is 0 Å².